The summed E-state index contributed by atoms with van der Waals surface area (Å²) in [7, 11) is -1.40. The minimum Gasteiger partial charge on any atom is -0.325 e. The minimum absolute atomic E-state index is 0.174. The first-order valence-electron chi connectivity index (χ1n) is 7.07. The number of sulfone groups is 1. The molecule has 0 atom stereocenters. The number of thiophene rings is 1. The number of nitrogens with one attached hydrogen (secondary N) is 1. The molecular formula is C16H20N2O3S2. The Bertz CT molecular complexity index is 797. The summed E-state index contributed by atoms with van der Waals surface area (Å²) in [6.45, 7) is 3.00. The van der Waals surface area contributed by atoms with Crippen LogP contribution in [0.15, 0.2) is 40.6 Å². The van der Waals surface area contributed by atoms with Crippen molar-refractivity contribution < 1.29 is 13.2 Å². The molecular weight excluding hydrogens is 332 g/mol. The Morgan fingerprint density at radius 3 is 2.65 bits per heavy atom. The lowest BCUT2D eigenvalue weighted by molar-refractivity contribution is -0.117. The van der Waals surface area contributed by atoms with E-state index >= 15 is 0 Å². The highest BCUT2D eigenvalue weighted by Crippen LogP contribution is 2.18. The maximum atomic E-state index is 12.1. The molecule has 0 aliphatic heterocycles. The Kier molecular flexibility index (Phi) is 5.56. The fourth-order valence-electron chi connectivity index (χ4n) is 2.12. The SMILES string of the molecule is Cc1ccsc1CN(C)CC(=O)Nc1cccc(S(C)(=O)=O)c1. The summed E-state index contributed by atoms with van der Waals surface area (Å²) in [5, 5.41) is 4.77. The lowest BCUT2D eigenvalue weighted by Crippen LogP contribution is -2.29. The van der Waals surface area contributed by atoms with Gasteiger partial charge >= 0.3 is 0 Å². The molecule has 1 aromatic heterocycles. The number of anilines is 1. The van der Waals surface area contributed by atoms with Gasteiger partial charge in [0.1, 0.15) is 0 Å². The van der Waals surface area contributed by atoms with Crippen LogP contribution in [0.25, 0.3) is 0 Å². The predicted octanol–water partition coefficient (Wildman–Crippen LogP) is 2.53. The third kappa shape index (κ3) is 5.16. The molecule has 0 saturated heterocycles. The van der Waals surface area contributed by atoms with Gasteiger partial charge in [-0.3, -0.25) is 9.69 Å². The molecule has 0 aliphatic rings. The van der Waals surface area contributed by atoms with Crippen LogP contribution in [0.5, 0.6) is 0 Å². The second kappa shape index (κ2) is 7.25. The van der Waals surface area contributed by atoms with Crippen molar-refractivity contribution in [1.29, 1.82) is 0 Å². The third-order valence-corrected chi connectivity index (χ3v) is 5.46. The van der Waals surface area contributed by atoms with Crippen molar-refractivity contribution in [1.82, 2.24) is 4.90 Å². The summed E-state index contributed by atoms with van der Waals surface area (Å²) in [6, 6.07) is 8.33. The van der Waals surface area contributed by atoms with Gasteiger partial charge in [-0.15, -0.1) is 11.3 Å². The Morgan fingerprint density at radius 2 is 2.04 bits per heavy atom. The fourth-order valence-corrected chi connectivity index (χ4v) is 3.77. The van der Waals surface area contributed by atoms with Crippen molar-refractivity contribution in [2.24, 2.45) is 0 Å². The number of carbonyl (C=O) groups excluding carboxylic acids is 1. The molecule has 0 radical (unpaired) electrons. The summed E-state index contributed by atoms with van der Waals surface area (Å²) >= 11 is 1.67. The van der Waals surface area contributed by atoms with E-state index < -0.39 is 9.84 Å². The smallest absolute Gasteiger partial charge is 0.238 e. The number of rotatable bonds is 6. The molecule has 124 valence electrons. The van der Waals surface area contributed by atoms with E-state index in [1.807, 2.05) is 17.3 Å². The zero-order valence-electron chi connectivity index (χ0n) is 13.4. The van der Waals surface area contributed by atoms with Gasteiger partial charge in [0, 0.05) is 23.4 Å². The molecule has 5 nitrogen and oxygen atoms in total. The maximum absolute atomic E-state index is 12.1. The van der Waals surface area contributed by atoms with Crippen molar-refractivity contribution >= 4 is 32.8 Å². The van der Waals surface area contributed by atoms with Crippen molar-refractivity contribution in [3.63, 3.8) is 0 Å². The molecule has 1 heterocycles. The second-order valence-corrected chi connectivity index (χ2v) is 8.56. The predicted molar refractivity (Wildman–Crippen MR) is 93.6 cm³/mol. The zero-order chi connectivity index (χ0) is 17.0. The molecule has 0 fully saturated rings. The minimum atomic E-state index is -3.28. The van der Waals surface area contributed by atoms with Crippen LogP contribution in [0, 0.1) is 6.92 Å². The van der Waals surface area contributed by atoms with Gasteiger partial charge in [0.2, 0.25) is 5.91 Å². The highest BCUT2D eigenvalue weighted by molar-refractivity contribution is 7.90. The molecule has 2 aromatic rings. The van der Waals surface area contributed by atoms with Crippen LogP contribution in [0.2, 0.25) is 0 Å². The molecule has 0 saturated carbocycles. The van der Waals surface area contributed by atoms with E-state index in [4.69, 9.17) is 0 Å². The van der Waals surface area contributed by atoms with Gasteiger partial charge in [0.25, 0.3) is 0 Å². The molecule has 7 heteroatoms. The van der Waals surface area contributed by atoms with Crippen molar-refractivity contribution in [3.05, 3.63) is 46.2 Å². The first-order valence-corrected chi connectivity index (χ1v) is 9.84. The monoisotopic (exact) mass is 352 g/mol. The molecule has 1 amide bonds. The number of nitrogens with zero attached hydrogens (tertiary/aromatic N) is 1. The first kappa shape index (κ1) is 17.7. The van der Waals surface area contributed by atoms with Gasteiger partial charge in [0.15, 0.2) is 9.84 Å². The number of carbonyl (C=O) groups is 1. The lowest BCUT2D eigenvalue weighted by Gasteiger charge is -2.16. The average Bonchev–Trinajstić information content (AvgIpc) is 2.83. The molecule has 1 aromatic carbocycles. The summed E-state index contributed by atoms with van der Waals surface area (Å²) < 4.78 is 23.1. The Labute approximate surface area is 140 Å². The Morgan fingerprint density at radius 1 is 1.30 bits per heavy atom. The van der Waals surface area contributed by atoms with Gasteiger partial charge in [-0.1, -0.05) is 6.07 Å². The summed E-state index contributed by atoms with van der Waals surface area (Å²) in [6.07, 6.45) is 1.14. The van der Waals surface area contributed by atoms with E-state index in [1.165, 1.54) is 22.6 Å². The van der Waals surface area contributed by atoms with E-state index in [0.29, 0.717) is 12.2 Å². The highest BCUT2D eigenvalue weighted by Gasteiger charge is 2.11. The molecule has 0 bridgehead atoms. The molecule has 0 aliphatic carbocycles. The highest BCUT2D eigenvalue weighted by atomic mass is 32.2. The van der Waals surface area contributed by atoms with Crippen LogP contribution in [0.3, 0.4) is 0 Å². The summed E-state index contributed by atoms with van der Waals surface area (Å²) in [5.41, 5.74) is 1.71. The number of aryl methyl sites for hydroxylation is 1. The summed E-state index contributed by atoms with van der Waals surface area (Å²) in [5.74, 6) is -0.174. The van der Waals surface area contributed by atoms with Crippen molar-refractivity contribution in [3.8, 4) is 0 Å². The fraction of sp³-hybridized carbons (Fsp3) is 0.312. The standard InChI is InChI=1S/C16H20N2O3S2/c1-12-7-8-22-15(12)10-18(2)11-16(19)17-13-5-4-6-14(9-13)23(3,20)21/h4-9H,10-11H2,1-3H3,(H,17,19). The van der Waals surface area contributed by atoms with Gasteiger partial charge in [-0.05, 0) is 49.2 Å². The molecule has 2 rings (SSSR count). The van der Waals surface area contributed by atoms with E-state index in [1.54, 1.807) is 23.5 Å². The topological polar surface area (TPSA) is 66.5 Å². The maximum Gasteiger partial charge on any atom is 0.238 e. The van der Waals surface area contributed by atoms with E-state index in [2.05, 4.69) is 18.3 Å². The van der Waals surface area contributed by atoms with Gasteiger partial charge in [0.05, 0.1) is 11.4 Å². The normalized spacial score (nSPS) is 11.7. The number of benzene rings is 1. The van der Waals surface area contributed by atoms with Gasteiger partial charge < -0.3 is 5.32 Å². The van der Waals surface area contributed by atoms with E-state index in [-0.39, 0.29) is 17.3 Å². The first-order chi connectivity index (χ1) is 10.8. The third-order valence-electron chi connectivity index (χ3n) is 3.34. The number of amides is 1. The number of hydrogen-bond acceptors (Lipinski definition) is 5. The van der Waals surface area contributed by atoms with Crippen LogP contribution >= 0.6 is 11.3 Å². The number of hydrogen-bond donors (Lipinski definition) is 1. The second-order valence-electron chi connectivity index (χ2n) is 5.55. The van der Waals surface area contributed by atoms with Gasteiger partial charge in [-0.2, -0.15) is 0 Å². The van der Waals surface area contributed by atoms with Crippen LogP contribution < -0.4 is 5.32 Å². The summed E-state index contributed by atoms with van der Waals surface area (Å²) in [4.78, 5) is 15.5. The van der Waals surface area contributed by atoms with Crippen LogP contribution in [0.1, 0.15) is 10.4 Å². The van der Waals surface area contributed by atoms with E-state index in [9.17, 15) is 13.2 Å². The zero-order valence-corrected chi connectivity index (χ0v) is 15.0. The van der Waals surface area contributed by atoms with Crippen LogP contribution in [0.4, 0.5) is 5.69 Å². The van der Waals surface area contributed by atoms with Crippen molar-refractivity contribution in [2.45, 2.75) is 18.4 Å². The molecule has 0 unspecified atom stereocenters. The average molecular weight is 352 g/mol. The van der Waals surface area contributed by atoms with Crippen LogP contribution in [-0.4, -0.2) is 39.1 Å². The Hall–Kier alpha value is -1.70. The number of likely N-dealkylation sites (N-methyl/N-ethyl adjacent to an activating group) is 1. The van der Waals surface area contributed by atoms with Gasteiger partial charge in [-0.25, -0.2) is 8.42 Å². The molecule has 23 heavy (non-hydrogen) atoms. The Balaban J connectivity index is 1.96. The van der Waals surface area contributed by atoms with Crippen LogP contribution in [-0.2, 0) is 21.2 Å². The molecule has 0 spiro atoms. The largest absolute Gasteiger partial charge is 0.325 e. The molecule has 1 N–H and O–H groups in total. The van der Waals surface area contributed by atoms with E-state index in [0.717, 1.165) is 6.26 Å². The van der Waals surface area contributed by atoms with Crippen molar-refractivity contribution in [2.75, 3.05) is 25.2 Å². The lowest BCUT2D eigenvalue weighted by atomic mass is 10.3. The quantitative estimate of drug-likeness (QED) is 0.867.